The van der Waals surface area contributed by atoms with Crippen molar-refractivity contribution in [3.63, 3.8) is 0 Å². The van der Waals surface area contributed by atoms with Crippen LogP contribution in [0.15, 0.2) is 66.3 Å². The van der Waals surface area contributed by atoms with Crippen molar-refractivity contribution in [3.8, 4) is 11.3 Å². The fourth-order valence-electron chi connectivity index (χ4n) is 2.61. The van der Waals surface area contributed by atoms with Crippen LogP contribution in [0, 0.1) is 0 Å². The van der Waals surface area contributed by atoms with Crippen molar-refractivity contribution in [2.24, 2.45) is 0 Å². The molecule has 1 N–H and O–H groups in total. The summed E-state index contributed by atoms with van der Waals surface area (Å²) in [6.45, 7) is 0.864. The van der Waals surface area contributed by atoms with Crippen LogP contribution < -0.4 is 5.32 Å². The fourth-order valence-corrected chi connectivity index (χ4v) is 3.32. The Morgan fingerprint density at radius 2 is 1.96 bits per heavy atom. The highest BCUT2D eigenvalue weighted by molar-refractivity contribution is 7.09. The number of thiophene rings is 1. The van der Waals surface area contributed by atoms with Gasteiger partial charge in [0.05, 0.1) is 0 Å². The summed E-state index contributed by atoms with van der Waals surface area (Å²) in [6.07, 6.45) is 4.77. The number of nitrogens with zero attached hydrogens (tertiary/aromatic N) is 3. The molecule has 0 unspecified atom stereocenters. The van der Waals surface area contributed by atoms with Gasteiger partial charge < -0.3 is 5.32 Å². The topological polar surface area (TPSA) is 42.2 Å². The molecule has 0 aliphatic rings. The lowest BCUT2D eigenvalue weighted by Gasteiger charge is -2.08. The van der Waals surface area contributed by atoms with Crippen LogP contribution >= 0.6 is 11.3 Å². The van der Waals surface area contributed by atoms with E-state index in [1.165, 1.54) is 4.88 Å². The van der Waals surface area contributed by atoms with Crippen LogP contribution in [0.1, 0.15) is 4.88 Å². The second-order valence-corrected chi connectivity index (χ2v) is 6.25. The maximum atomic E-state index is 4.69. The number of hydrogen-bond acceptors (Lipinski definition) is 4. The van der Waals surface area contributed by atoms with Gasteiger partial charge in [0.15, 0.2) is 0 Å². The van der Waals surface area contributed by atoms with Crippen LogP contribution in [-0.2, 0) is 6.42 Å². The van der Waals surface area contributed by atoms with Gasteiger partial charge in [-0.25, -0.2) is 9.97 Å². The number of hydrogen-bond donors (Lipinski definition) is 1. The Kier molecular flexibility index (Phi) is 3.78. The first-order valence-corrected chi connectivity index (χ1v) is 8.44. The normalized spacial score (nSPS) is 11.0. The van der Waals surface area contributed by atoms with E-state index in [1.54, 1.807) is 17.5 Å². The molecule has 0 saturated heterocycles. The highest BCUT2D eigenvalue weighted by Gasteiger charge is 2.13. The first-order valence-electron chi connectivity index (χ1n) is 7.56. The average molecular weight is 320 g/mol. The summed E-state index contributed by atoms with van der Waals surface area (Å²) in [7, 11) is 0. The van der Waals surface area contributed by atoms with Crippen LogP contribution in [0.4, 0.5) is 5.82 Å². The molecule has 0 aliphatic carbocycles. The minimum atomic E-state index is 0.713. The smallest absolute Gasteiger partial charge is 0.235 e. The van der Waals surface area contributed by atoms with Crippen molar-refractivity contribution in [2.75, 3.05) is 11.9 Å². The Hall–Kier alpha value is -2.66. The number of rotatable bonds is 5. The molecule has 3 heterocycles. The number of anilines is 1. The highest BCUT2D eigenvalue weighted by Crippen LogP contribution is 2.27. The van der Waals surface area contributed by atoms with E-state index in [-0.39, 0.29) is 0 Å². The van der Waals surface area contributed by atoms with Crippen molar-refractivity contribution in [1.29, 1.82) is 0 Å². The Bertz CT molecular complexity index is 897. The Balaban J connectivity index is 1.68. The molecule has 0 atom stereocenters. The van der Waals surface area contributed by atoms with Crippen LogP contribution in [-0.4, -0.2) is 20.9 Å². The average Bonchev–Trinajstić information content (AvgIpc) is 3.24. The van der Waals surface area contributed by atoms with E-state index in [0.29, 0.717) is 5.78 Å². The summed E-state index contributed by atoms with van der Waals surface area (Å²) in [5, 5.41) is 5.65. The van der Waals surface area contributed by atoms with Crippen LogP contribution in [0.2, 0.25) is 0 Å². The molecule has 114 valence electrons. The molecule has 3 aromatic heterocycles. The van der Waals surface area contributed by atoms with Gasteiger partial charge in [-0.1, -0.05) is 36.4 Å². The van der Waals surface area contributed by atoms with E-state index >= 15 is 0 Å². The lowest BCUT2D eigenvalue weighted by molar-refractivity contribution is 1.01. The summed E-state index contributed by atoms with van der Waals surface area (Å²) in [4.78, 5) is 10.4. The number of imidazole rings is 1. The van der Waals surface area contributed by atoms with Gasteiger partial charge in [-0.2, -0.15) is 0 Å². The molecule has 0 amide bonds. The quantitative estimate of drug-likeness (QED) is 0.601. The largest absolute Gasteiger partial charge is 0.369 e. The monoisotopic (exact) mass is 320 g/mol. The summed E-state index contributed by atoms with van der Waals surface area (Å²) in [5.74, 6) is 1.71. The van der Waals surface area contributed by atoms with E-state index < -0.39 is 0 Å². The highest BCUT2D eigenvalue weighted by atomic mass is 32.1. The second-order valence-electron chi connectivity index (χ2n) is 5.22. The van der Waals surface area contributed by atoms with Crippen LogP contribution in [0.3, 0.4) is 0 Å². The number of aromatic nitrogens is 3. The third kappa shape index (κ3) is 2.83. The predicted octanol–water partition coefficient (Wildman–Crippen LogP) is 4.11. The molecule has 0 bridgehead atoms. The molecule has 0 aliphatic heterocycles. The zero-order valence-electron chi connectivity index (χ0n) is 12.5. The Morgan fingerprint density at radius 3 is 2.78 bits per heavy atom. The fraction of sp³-hybridized carbons (Fsp3) is 0.111. The Labute approximate surface area is 138 Å². The minimum absolute atomic E-state index is 0.713. The predicted molar refractivity (Wildman–Crippen MR) is 94.9 cm³/mol. The molecule has 1 aromatic carbocycles. The summed E-state index contributed by atoms with van der Waals surface area (Å²) in [6, 6.07) is 16.4. The molecule has 0 fully saturated rings. The van der Waals surface area contributed by atoms with E-state index in [4.69, 9.17) is 4.98 Å². The third-order valence-corrected chi connectivity index (χ3v) is 4.63. The van der Waals surface area contributed by atoms with Gasteiger partial charge in [-0.05, 0) is 23.9 Å². The second kappa shape index (κ2) is 6.22. The standard InChI is InChI=1S/C18H16N4S/c1-2-6-14(7-3-1)16-17(19-11-9-15-8-4-13-23-15)22-12-5-10-20-18(22)21-16/h1-8,10,12-13,19H,9,11H2. The van der Waals surface area contributed by atoms with Crippen molar-refractivity contribution in [2.45, 2.75) is 6.42 Å². The van der Waals surface area contributed by atoms with E-state index in [1.807, 2.05) is 34.9 Å². The molecule has 0 spiro atoms. The van der Waals surface area contributed by atoms with Crippen molar-refractivity contribution in [3.05, 3.63) is 71.2 Å². The van der Waals surface area contributed by atoms with Gasteiger partial charge in [-0.15, -0.1) is 11.3 Å². The van der Waals surface area contributed by atoms with Gasteiger partial charge in [0.2, 0.25) is 5.78 Å². The summed E-state index contributed by atoms with van der Waals surface area (Å²) < 4.78 is 2.01. The molecule has 4 aromatic rings. The third-order valence-electron chi connectivity index (χ3n) is 3.69. The number of nitrogens with one attached hydrogen (secondary N) is 1. The Morgan fingerprint density at radius 1 is 1.04 bits per heavy atom. The molecular formula is C18H16N4S. The minimum Gasteiger partial charge on any atom is -0.369 e. The zero-order chi connectivity index (χ0) is 15.5. The molecule has 0 saturated carbocycles. The molecule has 4 rings (SSSR count). The zero-order valence-corrected chi connectivity index (χ0v) is 13.3. The van der Waals surface area contributed by atoms with Gasteiger partial charge in [0.1, 0.15) is 11.5 Å². The van der Waals surface area contributed by atoms with Gasteiger partial charge in [0, 0.05) is 29.4 Å². The SMILES string of the molecule is c1ccc(-c2nc3ncccn3c2NCCc2cccs2)cc1. The van der Waals surface area contributed by atoms with Gasteiger partial charge >= 0.3 is 0 Å². The number of fused-ring (bicyclic) bond motifs is 1. The molecular weight excluding hydrogens is 304 g/mol. The molecule has 4 nitrogen and oxygen atoms in total. The van der Waals surface area contributed by atoms with Gasteiger partial charge in [0.25, 0.3) is 0 Å². The maximum Gasteiger partial charge on any atom is 0.235 e. The van der Waals surface area contributed by atoms with E-state index in [0.717, 1.165) is 30.0 Å². The summed E-state index contributed by atoms with van der Waals surface area (Å²) in [5.41, 5.74) is 2.03. The van der Waals surface area contributed by atoms with Crippen LogP contribution in [0.5, 0.6) is 0 Å². The van der Waals surface area contributed by atoms with E-state index in [2.05, 4.69) is 39.9 Å². The lowest BCUT2D eigenvalue weighted by Crippen LogP contribution is -2.07. The maximum absolute atomic E-state index is 4.69. The molecule has 5 heteroatoms. The van der Waals surface area contributed by atoms with Crippen molar-refractivity contribution >= 4 is 22.9 Å². The van der Waals surface area contributed by atoms with Crippen LogP contribution in [0.25, 0.3) is 17.0 Å². The first-order chi connectivity index (χ1) is 11.4. The van der Waals surface area contributed by atoms with Crippen molar-refractivity contribution < 1.29 is 0 Å². The van der Waals surface area contributed by atoms with E-state index in [9.17, 15) is 0 Å². The summed E-state index contributed by atoms with van der Waals surface area (Å²) >= 11 is 1.79. The number of benzene rings is 1. The lowest BCUT2D eigenvalue weighted by atomic mass is 10.1. The van der Waals surface area contributed by atoms with Gasteiger partial charge in [-0.3, -0.25) is 4.40 Å². The van der Waals surface area contributed by atoms with Crippen molar-refractivity contribution in [1.82, 2.24) is 14.4 Å². The molecule has 0 radical (unpaired) electrons. The first kappa shape index (κ1) is 14.0. The molecule has 23 heavy (non-hydrogen) atoms.